The van der Waals surface area contributed by atoms with Crippen LogP contribution in [0, 0.1) is 12.8 Å². The lowest BCUT2D eigenvalue weighted by molar-refractivity contribution is 0.256. The first-order valence-electron chi connectivity index (χ1n) is 7.03. The van der Waals surface area contributed by atoms with E-state index >= 15 is 0 Å². The second kappa shape index (κ2) is 4.23. The predicted molar refractivity (Wildman–Crippen MR) is 73.2 cm³/mol. The molecule has 2 bridgehead atoms. The van der Waals surface area contributed by atoms with E-state index in [4.69, 9.17) is 0 Å². The summed E-state index contributed by atoms with van der Waals surface area (Å²) in [6.45, 7) is 9.30. The maximum Gasteiger partial charge on any atom is 0.254 e. The van der Waals surface area contributed by atoms with Gasteiger partial charge in [0.25, 0.3) is 5.56 Å². The molecule has 1 fully saturated rings. The molecule has 3 rings (SSSR count). The Morgan fingerprint density at radius 2 is 2.17 bits per heavy atom. The molecular formula is C15H22N2O. The molecule has 0 radical (unpaired) electrons. The van der Waals surface area contributed by atoms with E-state index in [1.807, 2.05) is 0 Å². The number of hydrogen-bond acceptors (Lipinski definition) is 2. The summed E-state index contributed by atoms with van der Waals surface area (Å²) in [6, 6.07) is 2.25. The molecule has 0 amide bonds. The number of nitrogens with one attached hydrogen (secondary N) is 1. The topological polar surface area (TPSA) is 34.0 Å². The number of hydrogen-bond donors (Lipinski definition) is 1. The fraction of sp³-hybridized carbons (Fsp3) is 0.667. The smallest absolute Gasteiger partial charge is 0.254 e. The zero-order chi connectivity index (χ0) is 12.9. The highest BCUT2D eigenvalue weighted by atomic mass is 16.1. The highest BCUT2D eigenvalue weighted by Crippen LogP contribution is 2.33. The van der Waals surface area contributed by atoms with Crippen LogP contribution in [0.5, 0.6) is 0 Å². The molecule has 0 spiro atoms. The number of pyridine rings is 1. The first-order chi connectivity index (χ1) is 8.58. The summed E-state index contributed by atoms with van der Waals surface area (Å²) < 4.78 is 2.06. The molecule has 2 atom stereocenters. The molecule has 1 N–H and O–H groups in total. The van der Waals surface area contributed by atoms with E-state index in [2.05, 4.69) is 36.7 Å². The van der Waals surface area contributed by atoms with Gasteiger partial charge in [-0.2, -0.15) is 0 Å². The molecule has 3 heteroatoms. The summed E-state index contributed by atoms with van der Waals surface area (Å²) in [5, 5.41) is 3.49. The number of rotatable bonds is 1. The number of fused-ring (bicyclic) bond motifs is 4. The SMILES string of the molecule is Cc1cc2n(c(=O)c1C(C)C)CC1CNCC2C1. The zero-order valence-corrected chi connectivity index (χ0v) is 11.5. The molecule has 2 unspecified atom stereocenters. The second-order valence-corrected chi connectivity index (χ2v) is 6.19. The number of aromatic nitrogens is 1. The van der Waals surface area contributed by atoms with Gasteiger partial charge in [-0.25, -0.2) is 0 Å². The summed E-state index contributed by atoms with van der Waals surface area (Å²) in [7, 11) is 0. The van der Waals surface area contributed by atoms with Crippen molar-refractivity contribution in [3.8, 4) is 0 Å². The first-order valence-corrected chi connectivity index (χ1v) is 7.03. The van der Waals surface area contributed by atoms with Crippen LogP contribution in [0.15, 0.2) is 10.9 Å². The largest absolute Gasteiger partial charge is 0.316 e. The van der Waals surface area contributed by atoms with Gasteiger partial charge >= 0.3 is 0 Å². The first kappa shape index (κ1) is 12.0. The Bertz CT molecular complexity index is 530. The molecule has 3 heterocycles. The van der Waals surface area contributed by atoms with E-state index in [-0.39, 0.29) is 5.56 Å². The van der Waals surface area contributed by atoms with Gasteiger partial charge in [0.05, 0.1) is 0 Å². The second-order valence-electron chi connectivity index (χ2n) is 6.19. The van der Waals surface area contributed by atoms with Crippen molar-refractivity contribution in [3.63, 3.8) is 0 Å². The Morgan fingerprint density at radius 1 is 1.39 bits per heavy atom. The third kappa shape index (κ3) is 1.72. The molecule has 18 heavy (non-hydrogen) atoms. The van der Waals surface area contributed by atoms with E-state index in [1.54, 1.807) is 0 Å². The van der Waals surface area contributed by atoms with Crippen molar-refractivity contribution in [1.29, 1.82) is 0 Å². The van der Waals surface area contributed by atoms with E-state index in [0.717, 1.165) is 25.2 Å². The lowest BCUT2D eigenvalue weighted by atomic mass is 9.83. The van der Waals surface area contributed by atoms with Gasteiger partial charge in [-0.3, -0.25) is 4.79 Å². The standard InChI is InChI=1S/C15H22N2O/c1-9(2)14-10(3)4-13-12-5-11(6-16-7-12)8-17(13)15(14)18/h4,9,11-12,16H,5-8H2,1-3H3. The normalized spacial score (nSPS) is 26.2. The Morgan fingerprint density at radius 3 is 2.89 bits per heavy atom. The highest BCUT2D eigenvalue weighted by molar-refractivity contribution is 5.32. The van der Waals surface area contributed by atoms with Crippen LogP contribution in [0.25, 0.3) is 0 Å². The van der Waals surface area contributed by atoms with Gasteiger partial charge < -0.3 is 9.88 Å². The summed E-state index contributed by atoms with van der Waals surface area (Å²) in [5.41, 5.74) is 3.69. The quantitative estimate of drug-likeness (QED) is 0.822. The maximum absolute atomic E-state index is 12.6. The number of aryl methyl sites for hydroxylation is 1. The van der Waals surface area contributed by atoms with Gasteiger partial charge in [0.15, 0.2) is 0 Å². The van der Waals surface area contributed by atoms with Crippen LogP contribution in [0.4, 0.5) is 0 Å². The fourth-order valence-electron chi connectivity index (χ4n) is 3.69. The molecule has 2 aliphatic heterocycles. The van der Waals surface area contributed by atoms with E-state index in [0.29, 0.717) is 17.8 Å². The monoisotopic (exact) mass is 246 g/mol. The van der Waals surface area contributed by atoms with Crippen LogP contribution in [-0.4, -0.2) is 17.7 Å². The van der Waals surface area contributed by atoms with Crippen molar-refractivity contribution in [2.45, 2.75) is 45.6 Å². The summed E-state index contributed by atoms with van der Waals surface area (Å²) >= 11 is 0. The van der Waals surface area contributed by atoms with Crippen molar-refractivity contribution in [2.24, 2.45) is 5.92 Å². The Labute approximate surface area is 108 Å². The molecular weight excluding hydrogens is 224 g/mol. The summed E-state index contributed by atoms with van der Waals surface area (Å²) in [6.07, 6.45) is 1.24. The maximum atomic E-state index is 12.6. The molecule has 1 aromatic heterocycles. The van der Waals surface area contributed by atoms with Crippen molar-refractivity contribution >= 4 is 0 Å². The summed E-state index contributed by atoms with van der Waals surface area (Å²) in [4.78, 5) is 12.6. The van der Waals surface area contributed by atoms with Gasteiger partial charge in [-0.1, -0.05) is 13.8 Å². The molecule has 1 saturated heterocycles. The third-order valence-electron chi connectivity index (χ3n) is 4.45. The van der Waals surface area contributed by atoms with E-state index < -0.39 is 0 Å². The lowest BCUT2D eigenvalue weighted by Gasteiger charge is -2.38. The molecule has 2 aliphatic rings. The van der Waals surface area contributed by atoms with Crippen LogP contribution < -0.4 is 10.9 Å². The molecule has 0 aromatic carbocycles. The third-order valence-corrected chi connectivity index (χ3v) is 4.45. The van der Waals surface area contributed by atoms with Gasteiger partial charge in [-0.05, 0) is 43.4 Å². The lowest BCUT2D eigenvalue weighted by Crippen LogP contribution is -2.45. The average molecular weight is 246 g/mol. The predicted octanol–water partition coefficient (Wildman–Crippen LogP) is 1.99. The van der Waals surface area contributed by atoms with Crippen LogP contribution >= 0.6 is 0 Å². The van der Waals surface area contributed by atoms with Gasteiger partial charge in [0, 0.05) is 30.3 Å². The van der Waals surface area contributed by atoms with E-state index in [1.165, 1.54) is 17.7 Å². The summed E-state index contributed by atoms with van der Waals surface area (Å²) in [5.74, 6) is 1.48. The number of piperidine rings is 1. The van der Waals surface area contributed by atoms with Crippen molar-refractivity contribution in [2.75, 3.05) is 13.1 Å². The average Bonchev–Trinajstić information content (AvgIpc) is 2.31. The fourth-order valence-corrected chi connectivity index (χ4v) is 3.69. The van der Waals surface area contributed by atoms with E-state index in [9.17, 15) is 4.79 Å². The minimum absolute atomic E-state index is 0.261. The number of nitrogens with zero attached hydrogens (tertiary/aromatic N) is 1. The Hall–Kier alpha value is -1.09. The van der Waals surface area contributed by atoms with Gasteiger partial charge in [-0.15, -0.1) is 0 Å². The minimum Gasteiger partial charge on any atom is -0.316 e. The van der Waals surface area contributed by atoms with Gasteiger partial charge in [0.2, 0.25) is 0 Å². The minimum atomic E-state index is 0.261. The molecule has 1 aromatic rings. The highest BCUT2D eigenvalue weighted by Gasteiger charge is 2.32. The van der Waals surface area contributed by atoms with Crippen molar-refractivity contribution < 1.29 is 0 Å². The Balaban J connectivity index is 2.18. The van der Waals surface area contributed by atoms with Crippen LogP contribution in [0.1, 0.15) is 48.9 Å². The van der Waals surface area contributed by atoms with Crippen molar-refractivity contribution in [1.82, 2.24) is 9.88 Å². The van der Waals surface area contributed by atoms with Crippen LogP contribution in [0.2, 0.25) is 0 Å². The zero-order valence-electron chi connectivity index (χ0n) is 11.5. The van der Waals surface area contributed by atoms with Crippen molar-refractivity contribution in [3.05, 3.63) is 33.2 Å². The van der Waals surface area contributed by atoms with Crippen LogP contribution in [0.3, 0.4) is 0 Å². The van der Waals surface area contributed by atoms with Gasteiger partial charge in [0.1, 0.15) is 0 Å². The molecule has 98 valence electrons. The molecule has 0 saturated carbocycles. The Kier molecular flexibility index (Phi) is 2.81. The van der Waals surface area contributed by atoms with Crippen LogP contribution in [-0.2, 0) is 6.54 Å². The molecule has 0 aliphatic carbocycles. The molecule has 3 nitrogen and oxygen atoms in total.